The summed E-state index contributed by atoms with van der Waals surface area (Å²) < 4.78 is 79.6. The molecule has 8 aromatic rings. The molecule has 444 valence electrons. The molecule has 0 aliphatic heterocycles. The van der Waals surface area contributed by atoms with Crippen molar-refractivity contribution in [1.29, 1.82) is 0 Å². The maximum Gasteiger partial charge on any atom is 0.212 e. The van der Waals surface area contributed by atoms with Gasteiger partial charge in [0.05, 0.1) is 0 Å². The van der Waals surface area contributed by atoms with Crippen molar-refractivity contribution in [3.8, 4) is 45.0 Å². The minimum absolute atomic E-state index is 0.151. The summed E-state index contributed by atoms with van der Waals surface area (Å²) in [5.41, 5.74) is 22.5. The van der Waals surface area contributed by atoms with Gasteiger partial charge in [0.2, 0.25) is 22.8 Å². The summed E-state index contributed by atoms with van der Waals surface area (Å²) in [4.78, 5) is 0. The molecule has 4 aromatic carbocycles. The molecule has 0 unspecified atom stereocenters. The van der Waals surface area contributed by atoms with Crippen molar-refractivity contribution in [2.24, 2.45) is 49.9 Å². The maximum atomic E-state index is 9.05. The molecule has 4 heterocycles. The predicted molar refractivity (Wildman–Crippen MR) is 354 cm³/mol. The first-order valence-electron chi connectivity index (χ1n) is 37.1. The number of hydrogen-bond acceptors (Lipinski definition) is 0. The summed E-state index contributed by atoms with van der Waals surface area (Å²) in [5.74, 6) is 0. The minimum Gasteiger partial charge on any atom is -0.201 e. The number of nitrogens with zero attached hydrogens (tertiary/aromatic N) is 4. The quantitative estimate of drug-likeness (QED) is 0.156. The molecule has 0 atom stereocenters. The smallest absolute Gasteiger partial charge is 0.201 e. The molecule has 16 rings (SSSR count). The van der Waals surface area contributed by atoms with Crippen molar-refractivity contribution in [3.05, 3.63) is 213 Å². The van der Waals surface area contributed by atoms with Crippen LogP contribution in [-0.2, 0) is 79.4 Å². The second-order valence-electron chi connectivity index (χ2n) is 27.9. The van der Waals surface area contributed by atoms with E-state index in [-0.39, 0.29) is 21.7 Å². The highest BCUT2D eigenvalue weighted by Gasteiger charge is 2.46. The molecule has 0 bridgehead atoms. The average Bonchev–Trinajstić information content (AvgIpc) is 1.44. The molecule has 4 aromatic heterocycles. The van der Waals surface area contributed by atoms with Crippen molar-refractivity contribution >= 4 is 0 Å². The normalized spacial score (nSPS) is 23.0. The fourth-order valence-electron chi connectivity index (χ4n) is 17.0. The van der Waals surface area contributed by atoms with E-state index in [4.69, 9.17) is 11.0 Å². The fraction of sp³-hybridized carbons (Fsp3) is 0.463. The fourth-order valence-corrected chi connectivity index (χ4v) is 17.0. The SMILES string of the molecule is [2H]C1([2H])CC2(CCCC2)Cc2ccc(-c3ccccc3C)[n+](C)c21.[2H]C1([2H])c2c(ccc(-c3ccccc3C)[n+]2C)CC12CCCC2.[2H]C1([2H])c2c(ccc(-c3ccccc3C)[n+]2C)CCC12CCCC2.[2H]C1([2H])c2c[n+](C)c(-c3ccccc3C)cc2CC12CCCC2. The van der Waals surface area contributed by atoms with Gasteiger partial charge in [-0.25, -0.2) is 4.57 Å². The monoisotopic (exact) mass is 1150 g/mol. The maximum absolute atomic E-state index is 9.05. The van der Waals surface area contributed by atoms with Crippen LogP contribution >= 0.6 is 0 Å². The summed E-state index contributed by atoms with van der Waals surface area (Å²) in [7, 11) is 8.15. The zero-order valence-corrected chi connectivity index (χ0v) is 53.2. The van der Waals surface area contributed by atoms with E-state index < -0.39 is 25.5 Å². The van der Waals surface area contributed by atoms with Gasteiger partial charge in [-0.15, -0.1) is 0 Å². The highest BCUT2D eigenvalue weighted by atomic mass is 15.0. The van der Waals surface area contributed by atoms with Crippen molar-refractivity contribution < 1.29 is 29.2 Å². The Kier molecular flexibility index (Phi) is 13.9. The van der Waals surface area contributed by atoms with E-state index in [1.54, 1.807) is 0 Å². The number of fused-ring (bicyclic) bond motifs is 4. The minimum atomic E-state index is -1.25. The Bertz CT molecular complexity index is 4200. The molecule has 4 nitrogen and oxygen atoms in total. The van der Waals surface area contributed by atoms with E-state index in [0.717, 1.165) is 110 Å². The average molecular weight is 1150 g/mol. The van der Waals surface area contributed by atoms with Gasteiger partial charge >= 0.3 is 0 Å². The summed E-state index contributed by atoms with van der Waals surface area (Å²) >= 11 is 0. The summed E-state index contributed by atoms with van der Waals surface area (Å²) in [6.07, 6.45) is 20.8. The van der Waals surface area contributed by atoms with Crippen molar-refractivity contribution in [2.45, 2.75) is 194 Å². The standard InChI is InChI=1S/2C21H26N.2C20H24N/c1-16-7-3-4-8-18(16)20-10-9-17-15-21(12-5-6-13-21)14-11-19(17)22(20)2;1-16-7-3-4-8-18(16)19-10-9-17-11-14-21(12-5-6-13-21)15-20(17)22(19)2;1-15-7-3-4-8-17(15)18-10-9-16-13-20(11-5-6-12-20)14-19(16)21(18)2;1-15-7-3-4-8-18(15)19-11-16-12-20(9-5-6-10-20)13-17(16)14-21(19)2/h2*3-4,7-10H,5-6,11-15H2,1-2H3;3-4,7-10H,5-6,11-14H2,1-2H3;3-4,7-8,11,14H,5-6,9-10,12-13H2,1-2H3/q4*+1/i11D2;15D2;14D2;13D2. The molecule has 4 fully saturated rings. The molecule has 8 aliphatic carbocycles. The van der Waals surface area contributed by atoms with Gasteiger partial charge in [-0.2, -0.15) is 13.7 Å². The molecule has 0 N–H and O–H groups in total. The molecule has 0 saturated heterocycles. The van der Waals surface area contributed by atoms with Crippen LogP contribution < -0.4 is 18.3 Å². The van der Waals surface area contributed by atoms with E-state index >= 15 is 0 Å². The van der Waals surface area contributed by atoms with Gasteiger partial charge in [0.25, 0.3) is 0 Å². The van der Waals surface area contributed by atoms with Crippen LogP contribution in [0.1, 0.15) is 194 Å². The van der Waals surface area contributed by atoms with Gasteiger partial charge in [-0.1, -0.05) is 124 Å². The number of aryl methyl sites for hydroxylation is 6. The second kappa shape index (κ2) is 24.2. The summed E-state index contributed by atoms with van der Waals surface area (Å²) in [5, 5.41) is 0. The Balaban J connectivity index is 0.000000114. The lowest BCUT2D eigenvalue weighted by Gasteiger charge is -2.33. The predicted octanol–water partition coefficient (Wildman–Crippen LogP) is 17.4. The third-order valence-corrected chi connectivity index (χ3v) is 22.0. The third kappa shape index (κ3) is 11.5. The van der Waals surface area contributed by atoms with E-state index in [1.165, 1.54) is 137 Å². The first kappa shape index (κ1) is 49.5. The lowest BCUT2D eigenvalue weighted by molar-refractivity contribution is -0.669. The number of rotatable bonds is 4. The Hall–Kier alpha value is -6.52. The van der Waals surface area contributed by atoms with Crippen molar-refractivity contribution in [2.75, 3.05) is 0 Å². The molecule has 8 aliphatic rings. The molecule has 0 radical (unpaired) electrons. The molecular formula is C82H100N4+4. The largest absolute Gasteiger partial charge is 0.212 e. The van der Waals surface area contributed by atoms with Crippen LogP contribution in [-0.4, -0.2) is 0 Å². The number of pyridine rings is 4. The van der Waals surface area contributed by atoms with Crippen LogP contribution in [0.4, 0.5) is 0 Å². The zero-order chi connectivity index (χ0) is 66.4. The van der Waals surface area contributed by atoms with Crippen LogP contribution in [0.3, 0.4) is 0 Å². The molecule has 4 saturated carbocycles. The lowest BCUT2D eigenvalue weighted by Crippen LogP contribution is -2.42. The lowest BCUT2D eigenvalue weighted by atomic mass is 9.71. The van der Waals surface area contributed by atoms with Gasteiger partial charge in [-0.3, -0.25) is 0 Å². The van der Waals surface area contributed by atoms with Gasteiger partial charge in [0.15, 0.2) is 23.3 Å². The molecule has 4 spiro atoms. The van der Waals surface area contributed by atoms with E-state index in [1.807, 2.05) is 34.4 Å². The summed E-state index contributed by atoms with van der Waals surface area (Å²) in [6, 6.07) is 48.9. The van der Waals surface area contributed by atoms with Crippen LogP contribution in [0.5, 0.6) is 0 Å². The van der Waals surface area contributed by atoms with Gasteiger partial charge in [-0.05, 0) is 216 Å². The van der Waals surface area contributed by atoms with E-state index in [2.05, 4.69) is 185 Å². The van der Waals surface area contributed by atoms with Crippen molar-refractivity contribution in [1.82, 2.24) is 0 Å². The molecule has 86 heavy (non-hydrogen) atoms. The first-order chi connectivity index (χ1) is 44.8. The Morgan fingerprint density at radius 3 is 1.17 bits per heavy atom. The molecular weight excluding hydrogens is 1040 g/mol. The number of aromatic nitrogens is 4. The van der Waals surface area contributed by atoms with Gasteiger partial charge in [0, 0.05) is 98.9 Å². The van der Waals surface area contributed by atoms with E-state index in [9.17, 15) is 0 Å². The zero-order valence-electron chi connectivity index (χ0n) is 61.2. The molecule has 0 amide bonds. The Labute approximate surface area is 529 Å². The highest BCUT2D eigenvalue weighted by molar-refractivity contribution is 5.64. The van der Waals surface area contributed by atoms with Crippen LogP contribution in [0.2, 0.25) is 0 Å². The second-order valence-corrected chi connectivity index (χ2v) is 27.9. The van der Waals surface area contributed by atoms with Crippen LogP contribution in [0.25, 0.3) is 45.0 Å². The Morgan fingerprint density at radius 1 is 0.326 bits per heavy atom. The number of hydrogen-bond donors (Lipinski definition) is 0. The first-order valence-corrected chi connectivity index (χ1v) is 33.1. The topological polar surface area (TPSA) is 15.5 Å². The van der Waals surface area contributed by atoms with E-state index in [0.29, 0.717) is 6.42 Å². The third-order valence-electron chi connectivity index (χ3n) is 22.0. The van der Waals surface area contributed by atoms with Gasteiger partial charge in [0.1, 0.15) is 28.2 Å². The highest BCUT2D eigenvalue weighted by Crippen LogP contribution is 2.51. The van der Waals surface area contributed by atoms with Crippen molar-refractivity contribution in [3.63, 3.8) is 0 Å². The van der Waals surface area contributed by atoms with Crippen LogP contribution in [0, 0.1) is 49.4 Å². The van der Waals surface area contributed by atoms with Gasteiger partial charge < -0.3 is 0 Å². The molecule has 4 heteroatoms. The Morgan fingerprint density at radius 2 is 0.686 bits per heavy atom. The summed E-state index contributed by atoms with van der Waals surface area (Å²) in [6.45, 7) is 8.51. The van der Waals surface area contributed by atoms with Crippen LogP contribution in [0.15, 0.2) is 146 Å². The number of benzene rings is 4.